The van der Waals surface area contributed by atoms with E-state index in [4.69, 9.17) is 9.72 Å². The molecule has 2 atom stereocenters. The van der Waals surface area contributed by atoms with Crippen LogP contribution in [0.5, 0.6) is 5.88 Å². The maximum absolute atomic E-state index is 12.6. The highest BCUT2D eigenvalue weighted by molar-refractivity contribution is 9.10. The predicted octanol–water partition coefficient (Wildman–Crippen LogP) is 5.85. The van der Waals surface area contributed by atoms with Crippen LogP contribution >= 0.6 is 15.9 Å². The van der Waals surface area contributed by atoms with Gasteiger partial charge in [-0.2, -0.15) is 5.26 Å². The Bertz CT molecular complexity index is 1350. The van der Waals surface area contributed by atoms with E-state index in [1.54, 1.807) is 19.2 Å². The van der Waals surface area contributed by atoms with E-state index in [9.17, 15) is 10.4 Å². The lowest BCUT2D eigenvalue weighted by atomic mass is 9.71. The quantitative estimate of drug-likeness (QED) is 0.310. The predicted molar refractivity (Wildman–Crippen MR) is 143 cm³/mol. The molecule has 0 aliphatic heterocycles. The van der Waals surface area contributed by atoms with Crippen LogP contribution in [0.3, 0.4) is 0 Å². The van der Waals surface area contributed by atoms with Crippen LogP contribution in [0.2, 0.25) is 0 Å². The van der Waals surface area contributed by atoms with E-state index in [0.29, 0.717) is 24.4 Å². The van der Waals surface area contributed by atoms with Gasteiger partial charge < -0.3 is 14.7 Å². The monoisotopic (exact) mass is 529 g/mol. The standard InChI is InChI=1S/C29H28BrN3O2/c1-33(2)16-15-29(34,23-11-9-20(19-31)10-12-23)27(21-7-5-4-6-8-21)25-18-22-17-24(30)13-14-26(22)32-28(25)35-3/h4-14,17-18,27,34H,15-16H2,1-3H3. The molecule has 1 aromatic heterocycles. The third-order valence-corrected chi connectivity index (χ3v) is 6.83. The average molecular weight is 530 g/mol. The van der Waals surface area contributed by atoms with Crippen molar-refractivity contribution in [2.24, 2.45) is 0 Å². The number of benzene rings is 3. The first kappa shape index (κ1) is 24.9. The van der Waals surface area contributed by atoms with E-state index < -0.39 is 11.5 Å². The highest BCUT2D eigenvalue weighted by Crippen LogP contribution is 2.47. The first-order valence-electron chi connectivity index (χ1n) is 11.4. The van der Waals surface area contributed by atoms with E-state index in [-0.39, 0.29) is 0 Å². The Hall–Kier alpha value is -3.24. The van der Waals surface area contributed by atoms with Gasteiger partial charge in [0.2, 0.25) is 5.88 Å². The molecule has 2 unspecified atom stereocenters. The molecule has 1 N–H and O–H groups in total. The van der Waals surface area contributed by atoms with E-state index >= 15 is 0 Å². The number of fused-ring (bicyclic) bond motifs is 1. The van der Waals surface area contributed by atoms with Gasteiger partial charge in [0.1, 0.15) is 5.60 Å². The van der Waals surface area contributed by atoms with Gasteiger partial charge in [-0.3, -0.25) is 0 Å². The zero-order valence-corrected chi connectivity index (χ0v) is 21.7. The molecule has 0 saturated heterocycles. The smallest absolute Gasteiger partial charge is 0.217 e. The minimum absolute atomic E-state index is 0.463. The fourth-order valence-corrected chi connectivity index (χ4v) is 4.94. The molecule has 0 bridgehead atoms. The van der Waals surface area contributed by atoms with Crippen molar-refractivity contribution in [3.63, 3.8) is 0 Å². The number of nitrogens with zero attached hydrogens (tertiary/aromatic N) is 3. The Morgan fingerprint density at radius 2 is 1.77 bits per heavy atom. The molecule has 0 amide bonds. The third-order valence-electron chi connectivity index (χ3n) is 6.34. The van der Waals surface area contributed by atoms with Gasteiger partial charge in [0, 0.05) is 27.9 Å². The number of ether oxygens (including phenoxy) is 1. The second-order valence-corrected chi connectivity index (χ2v) is 9.85. The van der Waals surface area contributed by atoms with Gasteiger partial charge in [0.15, 0.2) is 0 Å². The summed E-state index contributed by atoms with van der Waals surface area (Å²) in [5, 5.41) is 22.9. The molecule has 0 radical (unpaired) electrons. The number of hydrogen-bond acceptors (Lipinski definition) is 5. The van der Waals surface area contributed by atoms with E-state index in [1.807, 2.05) is 74.8 Å². The lowest BCUT2D eigenvalue weighted by Gasteiger charge is -2.39. The van der Waals surface area contributed by atoms with Crippen LogP contribution in [0.25, 0.3) is 10.9 Å². The number of hydrogen-bond donors (Lipinski definition) is 1. The number of aromatic nitrogens is 1. The summed E-state index contributed by atoms with van der Waals surface area (Å²) < 4.78 is 6.74. The zero-order valence-electron chi connectivity index (χ0n) is 20.1. The normalized spacial score (nSPS) is 13.9. The maximum atomic E-state index is 12.6. The van der Waals surface area contributed by atoms with Gasteiger partial charge in [-0.15, -0.1) is 0 Å². The maximum Gasteiger partial charge on any atom is 0.217 e. The van der Waals surface area contributed by atoms with Crippen molar-refractivity contribution in [1.82, 2.24) is 9.88 Å². The summed E-state index contributed by atoms with van der Waals surface area (Å²) in [6, 6.07) is 27.3. The Kier molecular flexibility index (Phi) is 7.51. The van der Waals surface area contributed by atoms with Gasteiger partial charge in [0.05, 0.1) is 24.3 Å². The van der Waals surface area contributed by atoms with E-state index in [2.05, 4.69) is 33.0 Å². The second-order valence-electron chi connectivity index (χ2n) is 8.93. The number of nitriles is 1. The van der Waals surface area contributed by atoms with Crippen molar-refractivity contribution in [2.45, 2.75) is 17.9 Å². The average Bonchev–Trinajstić information content (AvgIpc) is 2.88. The first-order valence-corrected chi connectivity index (χ1v) is 12.2. The van der Waals surface area contributed by atoms with Gasteiger partial charge >= 0.3 is 0 Å². The number of methoxy groups -OCH3 is 1. The highest BCUT2D eigenvalue weighted by atomic mass is 79.9. The molecule has 1 heterocycles. The van der Waals surface area contributed by atoms with Gasteiger partial charge in [0.25, 0.3) is 0 Å². The summed E-state index contributed by atoms with van der Waals surface area (Å²) in [4.78, 5) is 6.86. The van der Waals surface area contributed by atoms with Crippen LogP contribution in [-0.2, 0) is 5.60 Å². The molecule has 0 saturated carbocycles. The van der Waals surface area contributed by atoms with Crippen molar-refractivity contribution in [3.05, 3.63) is 106 Å². The third kappa shape index (κ3) is 5.23. The zero-order chi connectivity index (χ0) is 25.0. The molecular weight excluding hydrogens is 502 g/mol. The Morgan fingerprint density at radius 1 is 1.06 bits per heavy atom. The van der Waals surface area contributed by atoms with Crippen molar-refractivity contribution < 1.29 is 9.84 Å². The van der Waals surface area contributed by atoms with Crippen molar-refractivity contribution in [1.29, 1.82) is 5.26 Å². The van der Waals surface area contributed by atoms with Crippen molar-refractivity contribution in [2.75, 3.05) is 27.7 Å². The Labute approximate surface area is 214 Å². The summed E-state index contributed by atoms with van der Waals surface area (Å²) in [7, 11) is 5.60. The summed E-state index contributed by atoms with van der Waals surface area (Å²) in [5.41, 5.74) is 2.56. The molecule has 0 aliphatic carbocycles. The van der Waals surface area contributed by atoms with Crippen LogP contribution in [0.1, 0.15) is 34.6 Å². The van der Waals surface area contributed by atoms with Crippen LogP contribution < -0.4 is 4.74 Å². The summed E-state index contributed by atoms with van der Waals surface area (Å²) in [6.45, 7) is 0.661. The van der Waals surface area contributed by atoms with Crippen LogP contribution in [0, 0.1) is 11.3 Å². The highest BCUT2D eigenvalue weighted by Gasteiger charge is 2.42. The molecule has 0 aliphatic rings. The van der Waals surface area contributed by atoms with Gasteiger partial charge in [-0.05, 0) is 68.0 Å². The van der Waals surface area contributed by atoms with E-state index in [1.165, 1.54) is 0 Å². The van der Waals surface area contributed by atoms with Crippen molar-refractivity contribution in [3.8, 4) is 11.9 Å². The van der Waals surface area contributed by atoms with Crippen LogP contribution in [0.4, 0.5) is 0 Å². The second kappa shape index (κ2) is 10.6. The molecule has 6 heteroatoms. The number of pyridine rings is 1. The first-order chi connectivity index (χ1) is 16.9. The molecule has 5 nitrogen and oxygen atoms in total. The number of rotatable bonds is 8. The minimum Gasteiger partial charge on any atom is -0.481 e. The Balaban J connectivity index is 2.01. The SMILES string of the molecule is COc1nc2ccc(Br)cc2cc1C(c1ccccc1)C(O)(CCN(C)C)c1ccc(C#N)cc1. The Morgan fingerprint density at radius 3 is 2.40 bits per heavy atom. The molecule has 35 heavy (non-hydrogen) atoms. The minimum atomic E-state index is -1.30. The van der Waals surface area contributed by atoms with Crippen LogP contribution in [-0.4, -0.2) is 42.7 Å². The molecule has 3 aromatic carbocycles. The molecule has 4 aromatic rings. The summed E-state index contributed by atoms with van der Waals surface area (Å²) >= 11 is 3.56. The van der Waals surface area contributed by atoms with Crippen molar-refractivity contribution >= 4 is 26.8 Å². The lowest BCUT2D eigenvalue weighted by molar-refractivity contribution is 0.00380. The molecule has 0 spiro atoms. The fraction of sp³-hybridized carbons (Fsp3) is 0.241. The van der Waals surface area contributed by atoms with Gasteiger partial charge in [-0.1, -0.05) is 58.4 Å². The van der Waals surface area contributed by atoms with E-state index in [0.717, 1.165) is 32.1 Å². The number of aliphatic hydroxyl groups is 1. The van der Waals surface area contributed by atoms with Gasteiger partial charge in [-0.25, -0.2) is 4.98 Å². The molecular formula is C29H28BrN3O2. The fourth-order valence-electron chi connectivity index (χ4n) is 4.56. The summed E-state index contributed by atoms with van der Waals surface area (Å²) in [5.74, 6) is 0.00742. The summed E-state index contributed by atoms with van der Waals surface area (Å²) in [6.07, 6.45) is 0.463. The van der Waals surface area contributed by atoms with Crippen LogP contribution in [0.15, 0.2) is 83.3 Å². The largest absolute Gasteiger partial charge is 0.481 e. The topological polar surface area (TPSA) is 69.4 Å². The lowest BCUT2D eigenvalue weighted by Crippen LogP contribution is -2.37. The molecule has 178 valence electrons. The molecule has 4 rings (SSSR count). The molecule has 0 fully saturated rings. The number of halogens is 1.